The summed E-state index contributed by atoms with van der Waals surface area (Å²) in [6, 6.07) is 0. The van der Waals surface area contributed by atoms with Crippen molar-refractivity contribution >= 4 is 11.7 Å². The van der Waals surface area contributed by atoms with E-state index < -0.39 is 0 Å². The number of carbonyl (C=O) groups excluding carboxylic acids is 1. The third kappa shape index (κ3) is 4.45. The molecule has 1 aromatic heterocycles. The molecule has 1 aliphatic rings. The van der Waals surface area contributed by atoms with Gasteiger partial charge in [-0.15, -0.1) is 0 Å². The van der Waals surface area contributed by atoms with E-state index in [0.29, 0.717) is 24.0 Å². The number of nitrogens with zero attached hydrogens (tertiary/aromatic N) is 2. The molecule has 0 aliphatic carbocycles. The van der Waals surface area contributed by atoms with Gasteiger partial charge in [0.25, 0.3) is 5.91 Å². The van der Waals surface area contributed by atoms with E-state index >= 15 is 0 Å². The van der Waals surface area contributed by atoms with Gasteiger partial charge in [-0.1, -0.05) is 6.92 Å². The first kappa shape index (κ1) is 14.7. The number of hydrogen-bond acceptors (Lipinski definition) is 5. The van der Waals surface area contributed by atoms with Crippen molar-refractivity contribution in [1.29, 1.82) is 0 Å². The van der Waals surface area contributed by atoms with Gasteiger partial charge in [0.1, 0.15) is 11.5 Å². The lowest BCUT2D eigenvalue weighted by atomic mass is 10.1. The van der Waals surface area contributed by atoms with Gasteiger partial charge in [-0.25, -0.2) is 9.97 Å². The molecule has 2 rings (SSSR count). The average molecular weight is 278 g/mol. The summed E-state index contributed by atoms with van der Waals surface area (Å²) in [6.45, 7) is 5.25. The van der Waals surface area contributed by atoms with E-state index in [9.17, 15) is 4.79 Å². The largest absolute Gasteiger partial charge is 0.381 e. The Balaban J connectivity index is 1.73. The van der Waals surface area contributed by atoms with E-state index in [1.165, 1.54) is 6.20 Å². The van der Waals surface area contributed by atoms with Gasteiger partial charge in [-0.3, -0.25) is 4.79 Å². The molecule has 2 N–H and O–H groups in total. The molecule has 0 aromatic carbocycles. The highest BCUT2D eigenvalue weighted by molar-refractivity contribution is 5.91. The van der Waals surface area contributed by atoms with Crippen molar-refractivity contribution in [3.05, 3.63) is 18.1 Å². The van der Waals surface area contributed by atoms with Crippen LogP contribution in [0.2, 0.25) is 0 Å². The van der Waals surface area contributed by atoms with Crippen LogP contribution in [0.3, 0.4) is 0 Å². The minimum Gasteiger partial charge on any atom is -0.381 e. The van der Waals surface area contributed by atoms with Crippen molar-refractivity contribution in [2.75, 3.05) is 31.6 Å². The molecular formula is C14H22N4O2. The Morgan fingerprint density at radius 1 is 1.40 bits per heavy atom. The van der Waals surface area contributed by atoms with Crippen LogP contribution in [0.5, 0.6) is 0 Å². The molecule has 1 unspecified atom stereocenters. The molecule has 1 atom stereocenters. The van der Waals surface area contributed by atoms with E-state index in [2.05, 4.69) is 27.5 Å². The summed E-state index contributed by atoms with van der Waals surface area (Å²) in [4.78, 5) is 20.2. The van der Waals surface area contributed by atoms with Crippen LogP contribution in [0, 0.1) is 5.92 Å². The van der Waals surface area contributed by atoms with E-state index in [1.807, 2.05) is 0 Å². The van der Waals surface area contributed by atoms with Crippen LogP contribution >= 0.6 is 0 Å². The highest BCUT2D eigenvalue weighted by Gasteiger charge is 2.15. The van der Waals surface area contributed by atoms with Crippen molar-refractivity contribution in [1.82, 2.24) is 15.3 Å². The van der Waals surface area contributed by atoms with Gasteiger partial charge < -0.3 is 15.4 Å². The van der Waals surface area contributed by atoms with E-state index in [0.717, 1.165) is 39.0 Å². The Labute approximate surface area is 119 Å². The second-order valence-corrected chi connectivity index (χ2v) is 4.99. The van der Waals surface area contributed by atoms with E-state index in [1.54, 1.807) is 6.20 Å². The maximum atomic E-state index is 11.9. The molecule has 0 spiro atoms. The molecule has 0 radical (unpaired) electrons. The predicted octanol–water partition coefficient (Wildman–Crippen LogP) is 1.45. The van der Waals surface area contributed by atoms with Gasteiger partial charge in [0.15, 0.2) is 0 Å². The Bertz CT molecular complexity index is 416. The molecule has 1 aliphatic heterocycles. The molecule has 0 bridgehead atoms. The molecule has 6 heteroatoms. The summed E-state index contributed by atoms with van der Waals surface area (Å²) >= 11 is 0. The SMILES string of the molecule is CCCNc1cnc(C(=O)NCCC2CCOC2)cn1. The lowest BCUT2D eigenvalue weighted by Crippen LogP contribution is -2.27. The van der Waals surface area contributed by atoms with Crippen molar-refractivity contribution < 1.29 is 9.53 Å². The lowest BCUT2D eigenvalue weighted by Gasteiger charge is -2.08. The fraction of sp³-hybridized carbons (Fsp3) is 0.643. The summed E-state index contributed by atoms with van der Waals surface area (Å²) in [5.74, 6) is 1.10. The first-order valence-corrected chi connectivity index (χ1v) is 7.21. The second kappa shape index (κ2) is 7.79. The summed E-state index contributed by atoms with van der Waals surface area (Å²) in [5, 5.41) is 5.99. The molecule has 2 heterocycles. The van der Waals surface area contributed by atoms with Crippen LogP contribution in [-0.4, -0.2) is 42.2 Å². The third-order valence-electron chi connectivity index (χ3n) is 3.30. The minimum absolute atomic E-state index is 0.168. The third-order valence-corrected chi connectivity index (χ3v) is 3.30. The number of rotatable bonds is 7. The highest BCUT2D eigenvalue weighted by atomic mass is 16.5. The number of anilines is 1. The van der Waals surface area contributed by atoms with Gasteiger partial charge in [0, 0.05) is 26.3 Å². The predicted molar refractivity (Wildman–Crippen MR) is 76.7 cm³/mol. The Morgan fingerprint density at radius 2 is 2.30 bits per heavy atom. The number of amides is 1. The molecule has 1 aromatic rings. The van der Waals surface area contributed by atoms with Crippen molar-refractivity contribution in [3.8, 4) is 0 Å². The highest BCUT2D eigenvalue weighted by Crippen LogP contribution is 2.15. The molecule has 6 nitrogen and oxygen atoms in total. The lowest BCUT2D eigenvalue weighted by molar-refractivity contribution is 0.0945. The Hall–Kier alpha value is -1.69. The Morgan fingerprint density at radius 3 is 2.95 bits per heavy atom. The molecular weight excluding hydrogens is 256 g/mol. The fourth-order valence-corrected chi connectivity index (χ4v) is 2.08. The van der Waals surface area contributed by atoms with Gasteiger partial charge in [-0.2, -0.15) is 0 Å². The first-order chi connectivity index (χ1) is 9.79. The molecule has 20 heavy (non-hydrogen) atoms. The molecule has 1 fully saturated rings. The van der Waals surface area contributed by atoms with E-state index in [-0.39, 0.29) is 5.91 Å². The summed E-state index contributed by atoms with van der Waals surface area (Å²) in [7, 11) is 0. The Kier molecular flexibility index (Phi) is 5.73. The molecule has 110 valence electrons. The van der Waals surface area contributed by atoms with Crippen molar-refractivity contribution in [3.63, 3.8) is 0 Å². The second-order valence-electron chi connectivity index (χ2n) is 4.99. The smallest absolute Gasteiger partial charge is 0.271 e. The van der Waals surface area contributed by atoms with Gasteiger partial charge in [-0.05, 0) is 25.2 Å². The number of carbonyl (C=O) groups is 1. The molecule has 0 saturated carbocycles. The monoisotopic (exact) mass is 278 g/mol. The standard InChI is InChI=1S/C14H22N4O2/c1-2-5-15-13-9-17-12(8-18-13)14(19)16-6-3-11-4-7-20-10-11/h8-9,11H,2-7,10H2,1H3,(H,15,18)(H,16,19). The number of ether oxygens (including phenoxy) is 1. The zero-order valence-corrected chi connectivity index (χ0v) is 11.9. The average Bonchev–Trinajstić information content (AvgIpc) is 2.99. The first-order valence-electron chi connectivity index (χ1n) is 7.21. The summed E-state index contributed by atoms with van der Waals surface area (Å²) < 4.78 is 5.30. The van der Waals surface area contributed by atoms with Crippen LogP contribution in [0.15, 0.2) is 12.4 Å². The maximum absolute atomic E-state index is 11.9. The number of hydrogen-bond donors (Lipinski definition) is 2. The molecule has 1 saturated heterocycles. The van der Waals surface area contributed by atoms with Crippen LogP contribution in [0.25, 0.3) is 0 Å². The maximum Gasteiger partial charge on any atom is 0.271 e. The quantitative estimate of drug-likeness (QED) is 0.789. The number of aromatic nitrogens is 2. The van der Waals surface area contributed by atoms with Gasteiger partial charge in [0.2, 0.25) is 0 Å². The summed E-state index contributed by atoms with van der Waals surface area (Å²) in [5.41, 5.74) is 0.356. The van der Waals surface area contributed by atoms with Crippen molar-refractivity contribution in [2.45, 2.75) is 26.2 Å². The van der Waals surface area contributed by atoms with Crippen molar-refractivity contribution in [2.24, 2.45) is 5.92 Å². The van der Waals surface area contributed by atoms with Crippen LogP contribution < -0.4 is 10.6 Å². The van der Waals surface area contributed by atoms with Crippen LogP contribution in [0.4, 0.5) is 5.82 Å². The van der Waals surface area contributed by atoms with Gasteiger partial charge >= 0.3 is 0 Å². The minimum atomic E-state index is -0.168. The zero-order chi connectivity index (χ0) is 14.2. The molecule has 1 amide bonds. The van der Waals surface area contributed by atoms with Crippen LogP contribution in [0.1, 0.15) is 36.7 Å². The van der Waals surface area contributed by atoms with E-state index in [4.69, 9.17) is 4.74 Å². The van der Waals surface area contributed by atoms with Gasteiger partial charge in [0.05, 0.1) is 12.4 Å². The normalized spacial score (nSPS) is 17.9. The fourth-order valence-electron chi connectivity index (χ4n) is 2.08. The number of nitrogens with one attached hydrogen (secondary N) is 2. The topological polar surface area (TPSA) is 76.1 Å². The summed E-state index contributed by atoms with van der Waals surface area (Å²) in [6.07, 6.45) is 6.17. The van der Waals surface area contributed by atoms with Crippen LogP contribution in [-0.2, 0) is 4.74 Å². The zero-order valence-electron chi connectivity index (χ0n) is 11.9.